The zero-order valence-electron chi connectivity index (χ0n) is 19.3. The first-order valence-corrected chi connectivity index (χ1v) is 12.7. The Morgan fingerprint density at radius 1 is 1.03 bits per heavy atom. The van der Waals surface area contributed by atoms with E-state index in [1.165, 1.54) is 22.0 Å². The fraction of sp³-hybridized carbons (Fsp3) is 0.480. The summed E-state index contributed by atoms with van der Waals surface area (Å²) in [6.45, 7) is 7.76. The minimum atomic E-state index is -3.93. The molecule has 1 atom stereocenters. The van der Waals surface area contributed by atoms with Gasteiger partial charge in [0.1, 0.15) is 5.82 Å². The van der Waals surface area contributed by atoms with Gasteiger partial charge in [-0.25, -0.2) is 12.8 Å². The maximum absolute atomic E-state index is 13.4. The van der Waals surface area contributed by atoms with Crippen molar-refractivity contribution in [3.8, 4) is 0 Å². The van der Waals surface area contributed by atoms with Crippen molar-refractivity contribution in [1.82, 2.24) is 9.62 Å². The minimum absolute atomic E-state index is 0.00956. The first-order chi connectivity index (χ1) is 15.1. The van der Waals surface area contributed by atoms with Crippen molar-refractivity contribution >= 4 is 15.9 Å². The Morgan fingerprint density at radius 3 is 2.25 bits per heavy atom. The number of hydrogen-bond donors (Lipinski definition) is 1. The molecule has 0 aromatic heterocycles. The summed E-state index contributed by atoms with van der Waals surface area (Å²) in [4.78, 5) is 13.0. The predicted molar refractivity (Wildman–Crippen MR) is 124 cm³/mol. The molecule has 0 saturated heterocycles. The van der Waals surface area contributed by atoms with Crippen LogP contribution in [0.4, 0.5) is 4.39 Å². The summed E-state index contributed by atoms with van der Waals surface area (Å²) in [5.74, 6) is -0.838. The summed E-state index contributed by atoms with van der Waals surface area (Å²) >= 11 is 0. The highest BCUT2D eigenvalue weighted by molar-refractivity contribution is 7.89. The molecule has 0 heterocycles. The van der Waals surface area contributed by atoms with Crippen molar-refractivity contribution in [3.05, 3.63) is 64.5 Å². The predicted octanol–water partition coefficient (Wildman–Crippen LogP) is 4.95. The first-order valence-electron chi connectivity index (χ1n) is 11.2. The van der Waals surface area contributed by atoms with Crippen molar-refractivity contribution in [2.24, 2.45) is 0 Å². The third kappa shape index (κ3) is 5.56. The Morgan fingerprint density at radius 2 is 1.62 bits per heavy atom. The number of aryl methyl sites for hydroxylation is 3. The van der Waals surface area contributed by atoms with Gasteiger partial charge in [0, 0.05) is 6.04 Å². The van der Waals surface area contributed by atoms with Crippen LogP contribution in [0.5, 0.6) is 0 Å². The van der Waals surface area contributed by atoms with E-state index in [1.807, 2.05) is 20.8 Å². The van der Waals surface area contributed by atoms with Gasteiger partial charge in [0.15, 0.2) is 0 Å². The van der Waals surface area contributed by atoms with Gasteiger partial charge < -0.3 is 5.32 Å². The Hall–Kier alpha value is -2.25. The third-order valence-corrected chi connectivity index (χ3v) is 8.34. The number of hydrogen-bond acceptors (Lipinski definition) is 3. The lowest BCUT2D eigenvalue weighted by molar-refractivity contribution is -0.122. The van der Waals surface area contributed by atoms with E-state index < -0.39 is 15.8 Å². The van der Waals surface area contributed by atoms with Crippen molar-refractivity contribution in [3.63, 3.8) is 0 Å². The fourth-order valence-corrected chi connectivity index (χ4v) is 6.12. The Labute approximate surface area is 191 Å². The van der Waals surface area contributed by atoms with Gasteiger partial charge in [-0.1, -0.05) is 31.4 Å². The van der Waals surface area contributed by atoms with Gasteiger partial charge >= 0.3 is 0 Å². The number of carbonyl (C=O) groups excluding carboxylic acids is 1. The van der Waals surface area contributed by atoms with Gasteiger partial charge in [0.2, 0.25) is 15.9 Å². The standard InChI is InChI=1S/C25H33FN2O3S/c1-17-14-19(3)24(15-18(17)2)20(4)27-25(29)16-28(22-8-6-5-7-9-22)32(30,31)23-12-10-21(26)11-13-23/h10-15,20,22H,5-9,16H2,1-4H3,(H,27,29)/t20-/m1/s1. The second-order valence-corrected chi connectivity index (χ2v) is 10.8. The molecular weight excluding hydrogens is 427 g/mol. The van der Waals surface area contributed by atoms with Gasteiger partial charge in [0.05, 0.1) is 17.5 Å². The smallest absolute Gasteiger partial charge is 0.243 e. The molecular formula is C25H33FN2O3S. The van der Waals surface area contributed by atoms with E-state index >= 15 is 0 Å². The van der Waals surface area contributed by atoms with Crippen LogP contribution in [0.15, 0.2) is 41.3 Å². The van der Waals surface area contributed by atoms with Crippen LogP contribution in [0, 0.1) is 26.6 Å². The number of nitrogens with one attached hydrogen (secondary N) is 1. The van der Waals surface area contributed by atoms with Gasteiger partial charge in [-0.05, 0) is 87.1 Å². The highest BCUT2D eigenvalue weighted by Crippen LogP contribution is 2.28. The largest absolute Gasteiger partial charge is 0.348 e. The van der Waals surface area contributed by atoms with Crippen LogP contribution in [0.25, 0.3) is 0 Å². The fourth-order valence-electron chi connectivity index (χ4n) is 4.48. The molecule has 1 fully saturated rings. The van der Waals surface area contributed by atoms with Gasteiger partial charge in [0.25, 0.3) is 0 Å². The molecule has 0 aliphatic heterocycles. The van der Waals surface area contributed by atoms with Crippen LogP contribution in [0.3, 0.4) is 0 Å². The number of halogens is 1. The van der Waals surface area contributed by atoms with E-state index in [2.05, 4.69) is 24.4 Å². The molecule has 32 heavy (non-hydrogen) atoms. The lowest BCUT2D eigenvalue weighted by Crippen LogP contribution is -2.47. The Kier molecular flexibility index (Phi) is 7.72. The van der Waals surface area contributed by atoms with Crippen LogP contribution in [0.2, 0.25) is 0 Å². The molecule has 174 valence electrons. The van der Waals surface area contributed by atoms with Gasteiger partial charge in [-0.15, -0.1) is 0 Å². The Bertz CT molecular complexity index is 1060. The van der Waals surface area contributed by atoms with Crippen molar-refractivity contribution < 1.29 is 17.6 Å². The number of benzene rings is 2. The molecule has 1 saturated carbocycles. The van der Waals surface area contributed by atoms with Gasteiger partial charge in [-0.2, -0.15) is 4.31 Å². The minimum Gasteiger partial charge on any atom is -0.348 e. The first kappa shape index (κ1) is 24.4. The molecule has 2 aromatic rings. The zero-order chi connectivity index (χ0) is 23.5. The molecule has 0 spiro atoms. The molecule has 1 N–H and O–H groups in total. The molecule has 2 aromatic carbocycles. The Balaban J connectivity index is 1.82. The van der Waals surface area contributed by atoms with E-state index in [0.29, 0.717) is 0 Å². The maximum atomic E-state index is 13.4. The molecule has 7 heteroatoms. The van der Waals surface area contributed by atoms with Gasteiger partial charge in [-0.3, -0.25) is 4.79 Å². The quantitative estimate of drug-likeness (QED) is 0.636. The van der Waals surface area contributed by atoms with Crippen molar-refractivity contribution in [1.29, 1.82) is 0 Å². The second-order valence-electron chi connectivity index (χ2n) is 8.88. The number of rotatable bonds is 7. The van der Waals surface area contributed by atoms with E-state index in [4.69, 9.17) is 0 Å². The molecule has 1 aliphatic rings. The average molecular weight is 461 g/mol. The number of carbonyl (C=O) groups is 1. The summed E-state index contributed by atoms with van der Waals surface area (Å²) in [7, 11) is -3.93. The molecule has 0 unspecified atom stereocenters. The summed E-state index contributed by atoms with van der Waals surface area (Å²) in [6, 6.07) is 8.49. The molecule has 0 radical (unpaired) electrons. The summed E-state index contributed by atoms with van der Waals surface area (Å²) in [6.07, 6.45) is 4.37. The zero-order valence-corrected chi connectivity index (χ0v) is 20.1. The topological polar surface area (TPSA) is 66.5 Å². The number of nitrogens with zero attached hydrogens (tertiary/aromatic N) is 1. The number of sulfonamides is 1. The SMILES string of the molecule is Cc1cc(C)c([C@@H](C)NC(=O)CN(C2CCCCC2)S(=O)(=O)c2ccc(F)cc2)cc1C. The highest BCUT2D eigenvalue weighted by Gasteiger charge is 2.34. The molecule has 1 amide bonds. The van der Waals surface area contributed by atoms with E-state index in [-0.39, 0.29) is 29.4 Å². The lowest BCUT2D eigenvalue weighted by atomic mass is 9.95. The monoisotopic (exact) mass is 460 g/mol. The third-order valence-electron chi connectivity index (χ3n) is 6.43. The molecule has 1 aliphatic carbocycles. The van der Waals surface area contributed by atoms with Crippen LogP contribution < -0.4 is 5.32 Å². The van der Waals surface area contributed by atoms with Crippen LogP contribution in [-0.2, 0) is 14.8 Å². The van der Waals surface area contributed by atoms with E-state index in [1.54, 1.807) is 0 Å². The van der Waals surface area contributed by atoms with Crippen molar-refractivity contribution in [2.75, 3.05) is 6.54 Å². The van der Waals surface area contributed by atoms with Crippen molar-refractivity contribution in [2.45, 2.75) is 76.8 Å². The van der Waals surface area contributed by atoms with E-state index in [9.17, 15) is 17.6 Å². The van der Waals surface area contributed by atoms with Crippen LogP contribution >= 0.6 is 0 Å². The lowest BCUT2D eigenvalue weighted by Gasteiger charge is -2.33. The van der Waals surface area contributed by atoms with E-state index in [0.717, 1.165) is 60.9 Å². The molecule has 3 rings (SSSR count). The summed E-state index contributed by atoms with van der Waals surface area (Å²) < 4.78 is 41.5. The van der Waals surface area contributed by atoms with Crippen LogP contribution in [0.1, 0.15) is 67.3 Å². The maximum Gasteiger partial charge on any atom is 0.243 e. The number of amides is 1. The molecule has 5 nitrogen and oxygen atoms in total. The molecule has 0 bridgehead atoms. The normalized spacial score (nSPS) is 16.2. The highest BCUT2D eigenvalue weighted by atomic mass is 32.2. The average Bonchev–Trinajstić information content (AvgIpc) is 2.75. The summed E-state index contributed by atoms with van der Waals surface area (Å²) in [5.41, 5.74) is 4.45. The van der Waals surface area contributed by atoms with Crippen LogP contribution in [-0.4, -0.2) is 31.2 Å². The summed E-state index contributed by atoms with van der Waals surface area (Å²) in [5, 5.41) is 2.98. The second kappa shape index (κ2) is 10.1.